The summed E-state index contributed by atoms with van der Waals surface area (Å²) in [6.45, 7) is 5.28. The number of hydrogen-bond donors (Lipinski definition) is 0. The van der Waals surface area contributed by atoms with Crippen LogP contribution in [0.15, 0.2) is 78.9 Å². The quantitative estimate of drug-likeness (QED) is 0.335. The molecule has 1 aliphatic rings. The summed E-state index contributed by atoms with van der Waals surface area (Å²) < 4.78 is 5.80. The molecule has 0 aromatic heterocycles. The molecule has 1 heteroatoms. The van der Waals surface area contributed by atoms with Crippen LogP contribution in [0.5, 0.6) is 0 Å². The van der Waals surface area contributed by atoms with Crippen molar-refractivity contribution in [1.82, 2.24) is 0 Å². The smallest absolute Gasteiger partial charge is 0.0575 e. The van der Waals surface area contributed by atoms with E-state index in [1.165, 1.54) is 66.3 Å². The molecule has 0 N–H and O–H groups in total. The van der Waals surface area contributed by atoms with Gasteiger partial charge >= 0.3 is 0 Å². The van der Waals surface area contributed by atoms with Crippen LogP contribution < -0.4 is 0 Å². The summed E-state index contributed by atoms with van der Waals surface area (Å²) in [6, 6.07) is 29.2. The highest BCUT2D eigenvalue weighted by Gasteiger charge is 2.21. The molecule has 1 nitrogen and oxygen atoms in total. The van der Waals surface area contributed by atoms with E-state index in [0.717, 1.165) is 18.9 Å². The van der Waals surface area contributed by atoms with Crippen LogP contribution in [0, 0.1) is 5.92 Å². The number of benzene rings is 3. The molecule has 1 saturated carbocycles. The second-order valence-corrected chi connectivity index (χ2v) is 9.55. The minimum Gasteiger partial charge on any atom is -0.379 e. The lowest BCUT2D eigenvalue weighted by Crippen LogP contribution is -2.21. The third kappa shape index (κ3) is 6.33. The summed E-state index contributed by atoms with van der Waals surface area (Å²) >= 11 is 0. The first-order valence-electron chi connectivity index (χ1n) is 12.6. The Morgan fingerprint density at radius 2 is 1.34 bits per heavy atom. The Kier molecular flexibility index (Phi) is 8.18. The monoisotopic (exact) mass is 426 g/mol. The molecule has 0 heterocycles. The van der Waals surface area contributed by atoms with Crippen molar-refractivity contribution in [2.24, 2.45) is 5.92 Å². The van der Waals surface area contributed by atoms with Gasteiger partial charge < -0.3 is 4.74 Å². The van der Waals surface area contributed by atoms with E-state index in [4.69, 9.17) is 4.74 Å². The van der Waals surface area contributed by atoms with Crippen molar-refractivity contribution in [3.8, 4) is 11.1 Å². The van der Waals surface area contributed by atoms with Gasteiger partial charge in [0, 0.05) is 6.61 Å². The average Bonchev–Trinajstić information content (AvgIpc) is 2.85. The molecular weight excluding hydrogens is 388 g/mol. The van der Waals surface area contributed by atoms with E-state index >= 15 is 0 Å². The van der Waals surface area contributed by atoms with Crippen LogP contribution >= 0.6 is 0 Å². The highest BCUT2D eigenvalue weighted by atomic mass is 16.5. The van der Waals surface area contributed by atoms with Gasteiger partial charge in [-0.05, 0) is 91.5 Å². The molecule has 3 aromatic rings. The van der Waals surface area contributed by atoms with Crippen molar-refractivity contribution in [3.63, 3.8) is 0 Å². The Bertz CT molecular complexity index is 918. The van der Waals surface area contributed by atoms with Crippen molar-refractivity contribution in [2.45, 2.75) is 70.8 Å². The van der Waals surface area contributed by atoms with E-state index in [-0.39, 0.29) is 0 Å². The number of rotatable bonds is 9. The minimum absolute atomic E-state index is 0.517. The van der Waals surface area contributed by atoms with E-state index in [0.29, 0.717) is 12.0 Å². The first kappa shape index (κ1) is 22.8. The van der Waals surface area contributed by atoms with Gasteiger partial charge in [0.05, 0.1) is 6.10 Å². The maximum Gasteiger partial charge on any atom is 0.0575 e. The zero-order valence-corrected chi connectivity index (χ0v) is 19.8. The van der Waals surface area contributed by atoms with Gasteiger partial charge in [-0.2, -0.15) is 0 Å². The van der Waals surface area contributed by atoms with E-state index < -0.39 is 0 Å². The van der Waals surface area contributed by atoms with E-state index in [2.05, 4.69) is 92.7 Å². The van der Waals surface area contributed by atoms with Crippen molar-refractivity contribution < 1.29 is 4.74 Å². The minimum atomic E-state index is 0.517. The van der Waals surface area contributed by atoms with Gasteiger partial charge in [-0.15, -0.1) is 0 Å². The largest absolute Gasteiger partial charge is 0.379 e. The fourth-order valence-electron chi connectivity index (χ4n) is 5.14. The molecule has 0 amide bonds. The van der Waals surface area contributed by atoms with Crippen LogP contribution in [-0.2, 0) is 17.6 Å². The lowest BCUT2D eigenvalue weighted by atomic mass is 9.83. The maximum absolute atomic E-state index is 5.80. The van der Waals surface area contributed by atoms with Crippen LogP contribution in [0.2, 0.25) is 0 Å². The molecule has 1 fully saturated rings. The molecule has 1 atom stereocenters. The summed E-state index contributed by atoms with van der Waals surface area (Å²) in [4.78, 5) is 0. The molecule has 0 spiro atoms. The third-order valence-electron chi connectivity index (χ3n) is 7.19. The summed E-state index contributed by atoms with van der Waals surface area (Å²) in [5.41, 5.74) is 6.90. The second-order valence-electron chi connectivity index (χ2n) is 9.55. The van der Waals surface area contributed by atoms with Crippen LogP contribution in [0.25, 0.3) is 11.1 Å². The molecule has 0 saturated heterocycles. The molecule has 0 aliphatic heterocycles. The van der Waals surface area contributed by atoms with Gasteiger partial charge in [0.15, 0.2) is 0 Å². The van der Waals surface area contributed by atoms with E-state index in [1.54, 1.807) is 0 Å². The Labute approximate surface area is 194 Å². The van der Waals surface area contributed by atoms with Gasteiger partial charge in [0.2, 0.25) is 0 Å². The number of ether oxygens (including phenoxy) is 1. The van der Waals surface area contributed by atoms with Crippen molar-refractivity contribution in [1.29, 1.82) is 0 Å². The average molecular weight is 427 g/mol. The van der Waals surface area contributed by atoms with Gasteiger partial charge in [-0.3, -0.25) is 0 Å². The Hall–Kier alpha value is -2.38. The topological polar surface area (TPSA) is 9.23 Å². The van der Waals surface area contributed by atoms with Crippen LogP contribution in [-0.4, -0.2) is 12.7 Å². The first-order chi connectivity index (χ1) is 15.7. The van der Waals surface area contributed by atoms with E-state index in [1.807, 2.05) is 0 Å². The Morgan fingerprint density at radius 1 is 0.750 bits per heavy atom. The lowest BCUT2D eigenvalue weighted by Gasteiger charge is -2.28. The molecule has 0 radical (unpaired) electrons. The van der Waals surface area contributed by atoms with Crippen molar-refractivity contribution >= 4 is 0 Å². The van der Waals surface area contributed by atoms with Crippen LogP contribution in [0.3, 0.4) is 0 Å². The Morgan fingerprint density at radius 3 is 1.94 bits per heavy atom. The summed E-state index contributed by atoms with van der Waals surface area (Å²) in [6.07, 6.45) is 9.26. The van der Waals surface area contributed by atoms with Crippen molar-refractivity contribution in [2.75, 3.05) is 6.61 Å². The van der Waals surface area contributed by atoms with Crippen molar-refractivity contribution in [3.05, 3.63) is 95.6 Å². The maximum atomic E-state index is 5.80. The molecule has 4 rings (SSSR count). The normalized spacial score (nSPS) is 19.6. The van der Waals surface area contributed by atoms with E-state index in [9.17, 15) is 0 Å². The fraction of sp³-hybridized carbons (Fsp3) is 0.419. The van der Waals surface area contributed by atoms with Crippen LogP contribution in [0.1, 0.15) is 68.6 Å². The molecule has 32 heavy (non-hydrogen) atoms. The van der Waals surface area contributed by atoms with Gasteiger partial charge in [-0.25, -0.2) is 0 Å². The standard InChI is InChI=1S/C31H38O/c1-3-32-31-21-15-26(16-22-31)10-9-25-11-17-29(18-12-25)30-19-13-27(14-20-30)23-24(2)28-7-5-4-6-8-28/h4-8,11-14,17-20,24,26,31H,3,9-10,15-16,21-23H2,1-2H3/t24-,26?,31?/m0/s1. The lowest BCUT2D eigenvalue weighted by molar-refractivity contribution is 0.0248. The summed E-state index contributed by atoms with van der Waals surface area (Å²) in [7, 11) is 0. The van der Waals surface area contributed by atoms with Crippen LogP contribution in [0.4, 0.5) is 0 Å². The summed E-state index contributed by atoms with van der Waals surface area (Å²) in [5, 5.41) is 0. The molecule has 0 bridgehead atoms. The van der Waals surface area contributed by atoms with Gasteiger partial charge in [0.25, 0.3) is 0 Å². The fourth-order valence-corrected chi connectivity index (χ4v) is 5.14. The second kappa shape index (κ2) is 11.5. The molecule has 3 aromatic carbocycles. The summed E-state index contributed by atoms with van der Waals surface area (Å²) in [5.74, 6) is 1.41. The number of aryl methyl sites for hydroxylation is 1. The first-order valence-corrected chi connectivity index (χ1v) is 12.6. The van der Waals surface area contributed by atoms with Gasteiger partial charge in [0.1, 0.15) is 0 Å². The zero-order valence-electron chi connectivity index (χ0n) is 19.8. The zero-order chi connectivity index (χ0) is 22.2. The SMILES string of the molecule is CCOC1CCC(CCc2ccc(-c3ccc(C[C@H](C)c4ccccc4)cc3)cc2)CC1. The highest BCUT2D eigenvalue weighted by molar-refractivity contribution is 5.64. The predicted octanol–water partition coefficient (Wildman–Crippen LogP) is 8.23. The Balaban J connectivity index is 1.27. The third-order valence-corrected chi connectivity index (χ3v) is 7.19. The van der Waals surface area contributed by atoms with Gasteiger partial charge in [-0.1, -0.05) is 85.8 Å². The highest BCUT2D eigenvalue weighted by Crippen LogP contribution is 2.30. The predicted molar refractivity (Wildman–Crippen MR) is 136 cm³/mol. The molecule has 0 unspecified atom stereocenters. The molecule has 1 aliphatic carbocycles. The molecular formula is C31H38O. The molecule has 168 valence electrons. The number of hydrogen-bond acceptors (Lipinski definition) is 1.